The van der Waals surface area contributed by atoms with E-state index in [0.29, 0.717) is 23.4 Å². The van der Waals surface area contributed by atoms with Gasteiger partial charge in [-0.3, -0.25) is 4.79 Å². The van der Waals surface area contributed by atoms with Crippen LogP contribution in [0, 0.1) is 20.8 Å². The third kappa shape index (κ3) is 4.42. The van der Waals surface area contributed by atoms with Gasteiger partial charge in [0.15, 0.2) is 6.10 Å². The molecule has 1 atom stereocenters. The highest BCUT2D eigenvalue weighted by atomic mass is 16.5. The van der Waals surface area contributed by atoms with E-state index in [4.69, 9.17) is 9.47 Å². The number of ether oxygens (including phenoxy) is 2. The van der Waals surface area contributed by atoms with Crippen LogP contribution in [0.4, 0.5) is 5.69 Å². The molecule has 0 saturated heterocycles. The maximum absolute atomic E-state index is 12.7. The molecular weight excluding hydrogens is 330 g/mol. The lowest BCUT2D eigenvalue weighted by Crippen LogP contribution is -2.33. The number of hydrogen-bond acceptors (Lipinski definition) is 4. The first-order valence-corrected chi connectivity index (χ1v) is 8.60. The number of methoxy groups -OCH3 is 1. The molecule has 0 aromatic heterocycles. The second kappa shape index (κ2) is 8.52. The van der Waals surface area contributed by atoms with Gasteiger partial charge in [0.25, 0.3) is 5.91 Å². The zero-order chi connectivity index (χ0) is 19.3. The third-order valence-corrected chi connectivity index (χ3v) is 4.40. The fraction of sp³-hybridized carbons (Fsp3) is 0.333. The summed E-state index contributed by atoms with van der Waals surface area (Å²) in [5, 5.41) is 2.86. The molecule has 0 bridgehead atoms. The van der Waals surface area contributed by atoms with Crippen LogP contribution in [0.25, 0.3) is 0 Å². The first-order valence-electron chi connectivity index (χ1n) is 8.60. The molecule has 0 aliphatic heterocycles. The van der Waals surface area contributed by atoms with Gasteiger partial charge in [0.2, 0.25) is 0 Å². The number of anilines is 1. The van der Waals surface area contributed by atoms with Crippen molar-refractivity contribution in [2.75, 3.05) is 12.4 Å². The molecule has 0 radical (unpaired) electrons. The SMILES string of the molecule is CC[C@@H](Oc1cccc(C)c1C)C(=O)Nc1cc(C(=O)OC)ccc1C. The minimum atomic E-state index is -0.628. The topological polar surface area (TPSA) is 64.6 Å². The van der Waals surface area contributed by atoms with E-state index in [1.807, 2.05) is 45.9 Å². The van der Waals surface area contributed by atoms with Gasteiger partial charge in [-0.25, -0.2) is 4.79 Å². The Morgan fingerprint density at radius 1 is 1.08 bits per heavy atom. The lowest BCUT2D eigenvalue weighted by Gasteiger charge is -2.20. The lowest BCUT2D eigenvalue weighted by molar-refractivity contribution is -0.122. The number of benzene rings is 2. The van der Waals surface area contributed by atoms with Crippen LogP contribution in [0.5, 0.6) is 5.75 Å². The van der Waals surface area contributed by atoms with Crippen molar-refractivity contribution in [1.82, 2.24) is 0 Å². The van der Waals surface area contributed by atoms with Gasteiger partial charge in [-0.1, -0.05) is 25.1 Å². The molecule has 0 aliphatic carbocycles. The van der Waals surface area contributed by atoms with E-state index in [1.165, 1.54) is 7.11 Å². The predicted octanol–water partition coefficient (Wildman–Crippen LogP) is 4.19. The first kappa shape index (κ1) is 19.5. The molecule has 0 aliphatic rings. The number of carbonyl (C=O) groups excluding carboxylic acids is 2. The maximum atomic E-state index is 12.7. The molecule has 0 spiro atoms. The molecule has 0 heterocycles. The van der Waals surface area contributed by atoms with Crippen molar-refractivity contribution in [3.63, 3.8) is 0 Å². The van der Waals surface area contributed by atoms with Crippen molar-refractivity contribution >= 4 is 17.6 Å². The second-order valence-corrected chi connectivity index (χ2v) is 6.22. The van der Waals surface area contributed by atoms with Crippen molar-refractivity contribution in [3.05, 3.63) is 58.7 Å². The minimum absolute atomic E-state index is 0.251. The summed E-state index contributed by atoms with van der Waals surface area (Å²) in [5.74, 6) is 0.00438. The number of carbonyl (C=O) groups is 2. The second-order valence-electron chi connectivity index (χ2n) is 6.22. The Labute approximate surface area is 154 Å². The normalized spacial score (nSPS) is 11.6. The number of rotatable bonds is 6. The van der Waals surface area contributed by atoms with Gasteiger partial charge in [0.1, 0.15) is 5.75 Å². The van der Waals surface area contributed by atoms with E-state index in [1.54, 1.807) is 18.2 Å². The highest BCUT2D eigenvalue weighted by Crippen LogP contribution is 2.24. The van der Waals surface area contributed by atoms with Crippen molar-refractivity contribution in [1.29, 1.82) is 0 Å². The van der Waals surface area contributed by atoms with Crippen molar-refractivity contribution in [2.24, 2.45) is 0 Å². The Morgan fingerprint density at radius 2 is 1.81 bits per heavy atom. The van der Waals surface area contributed by atoms with E-state index >= 15 is 0 Å². The molecule has 1 amide bonds. The lowest BCUT2D eigenvalue weighted by atomic mass is 10.1. The molecule has 138 valence electrons. The van der Waals surface area contributed by atoms with Crippen LogP contribution in [0.2, 0.25) is 0 Å². The Balaban J connectivity index is 2.19. The number of aryl methyl sites for hydroxylation is 2. The fourth-order valence-corrected chi connectivity index (χ4v) is 2.54. The molecule has 0 unspecified atom stereocenters. The molecule has 2 aromatic carbocycles. The molecule has 0 fully saturated rings. The van der Waals surface area contributed by atoms with Crippen LogP contribution in [0.15, 0.2) is 36.4 Å². The van der Waals surface area contributed by atoms with Crippen molar-refractivity contribution in [2.45, 2.75) is 40.2 Å². The molecule has 2 rings (SSSR count). The van der Waals surface area contributed by atoms with E-state index in [9.17, 15) is 9.59 Å². The van der Waals surface area contributed by atoms with Crippen LogP contribution in [0.3, 0.4) is 0 Å². The van der Waals surface area contributed by atoms with Gasteiger partial charge in [0, 0.05) is 5.69 Å². The summed E-state index contributed by atoms with van der Waals surface area (Å²) in [5.41, 5.74) is 3.94. The first-order chi connectivity index (χ1) is 12.4. The van der Waals surface area contributed by atoms with Crippen LogP contribution < -0.4 is 10.1 Å². The number of hydrogen-bond donors (Lipinski definition) is 1. The Bertz CT molecular complexity index is 814. The van der Waals surface area contributed by atoms with Gasteiger partial charge in [-0.2, -0.15) is 0 Å². The van der Waals surface area contributed by atoms with Crippen LogP contribution >= 0.6 is 0 Å². The minimum Gasteiger partial charge on any atom is -0.480 e. The largest absolute Gasteiger partial charge is 0.480 e. The predicted molar refractivity (Wildman–Crippen MR) is 102 cm³/mol. The zero-order valence-corrected chi connectivity index (χ0v) is 15.9. The molecular formula is C21H25NO4. The summed E-state index contributed by atoms with van der Waals surface area (Å²) in [7, 11) is 1.32. The Hall–Kier alpha value is -2.82. The average Bonchev–Trinajstić information content (AvgIpc) is 2.63. The number of amides is 1. The van der Waals surface area contributed by atoms with Gasteiger partial charge in [0.05, 0.1) is 12.7 Å². The van der Waals surface area contributed by atoms with E-state index < -0.39 is 12.1 Å². The maximum Gasteiger partial charge on any atom is 0.337 e. The van der Waals surface area contributed by atoms with Gasteiger partial charge in [-0.05, 0) is 62.1 Å². The molecule has 26 heavy (non-hydrogen) atoms. The highest BCUT2D eigenvalue weighted by Gasteiger charge is 2.21. The van der Waals surface area contributed by atoms with Crippen LogP contribution in [-0.2, 0) is 9.53 Å². The van der Waals surface area contributed by atoms with Crippen molar-refractivity contribution < 1.29 is 19.1 Å². The Morgan fingerprint density at radius 3 is 2.46 bits per heavy atom. The summed E-state index contributed by atoms with van der Waals surface area (Å²) in [6.07, 6.45) is -0.105. The average molecular weight is 355 g/mol. The van der Waals surface area contributed by atoms with E-state index in [2.05, 4.69) is 5.32 Å². The standard InChI is InChI=1S/C21H25NO4/c1-6-18(26-19-9-7-8-13(2)15(19)4)20(23)22-17-12-16(21(24)25-5)11-10-14(17)3/h7-12,18H,6H2,1-5H3,(H,22,23)/t18-/m1/s1. The monoisotopic (exact) mass is 355 g/mol. The zero-order valence-electron chi connectivity index (χ0n) is 15.9. The highest BCUT2D eigenvalue weighted by molar-refractivity contribution is 5.97. The van der Waals surface area contributed by atoms with Crippen molar-refractivity contribution in [3.8, 4) is 5.75 Å². The van der Waals surface area contributed by atoms with Gasteiger partial charge < -0.3 is 14.8 Å². The summed E-state index contributed by atoms with van der Waals surface area (Å²) in [6.45, 7) is 7.74. The molecule has 1 N–H and O–H groups in total. The quantitative estimate of drug-likeness (QED) is 0.789. The van der Waals surface area contributed by atoms with Gasteiger partial charge >= 0.3 is 5.97 Å². The number of esters is 1. The molecule has 0 saturated carbocycles. The summed E-state index contributed by atoms with van der Waals surface area (Å²) in [4.78, 5) is 24.4. The summed E-state index contributed by atoms with van der Waals surface area (Å²) in [6, 6.07) is 10.8. The number of nitrogens with one attached hydrogen (secondary N) is 1. The fourth-order valence-electron chi connectivity index (χ4n) is 2.54. The van der Waals surface area contributed by atoms with E-state index in [-0.39, 0.29) is 5.91 Å². The van der Waals surface area contributed by atoms with Crippen LogP contribution in [-0.4, -0.2) is 25.1 Å². The van der Waals surface area contributed by atoms with Crippen LogP contribution in [0.1, 0.15) is 40.4 Å². The Kier molecular flexibility index (Phi) is 6.39. The van der Waals surface area contributed by atoms with E-state index in [0.717, 1.165) is 16.7 Å². The summed E-state index contributed by atoms with van der Waals surface area (Å²) < 4.78 is 10.7. The van der Waals surface area contributed by atoms with Gasteiger partial charge in [-0.15, -0.1) is 0 Å². The summed E-state index contributed by atoms with van der Waals surface area (Å²) >= 11 is 0. The molecule has 2 aromatic rings. The molecule has 5 heteroatoms. The third-order valence-electron chi connectivity index (χ3n) is 4.40. The smallest absolute Gasteiger partial charge is 0.337 e. The molecule has 5 nitrogen and oxygen atoms in total.